The number of hydrogen-bond acceptors (Lipinski definition) is 2. The van der Waals surface area contributed by atoms with Crippen molar-refractivity contribution >= 4 is 11.8 Å². The Bertz CT molecular complexity index is 312. The highest BCUT2D eigenvalue weighted by Gasteiger charge is 2.01. The van der Waals surface area contributed by atoms with Gasteiger partial charge in [0.1, 0.15) is 0 Å². The first kappa shape index (κ1) is 22.7. The Balaban J connectivity index is 0. The van der Waals surface area contributed by atoms with E-state index in [2.05, 4.69) is 23.8 Å². The first-order valence-corrected chi connectivity index (χ1v) is 8.25. The quantitative estimate of drug-likeness (QED) is 0.451. The Kier molecular flexibility index (Phi) is 18.0. The molecule has 0 unspecified atom stereocenters. The van der Waals surface area contributed by atoms with Gasteiger partial charge >= 0.3 is 0 Å². The Morgan fingerprint density at radius 3 is 2.00 bits per heavy atom. The van der Waals surface area contributed by atoms with E-state index >= 15 is 0 Å². The molecular formula is C18H34N2O2. The fourth-order valence-electron chi connectivity index (χ4n) is 1.66. The minimum absolute atomic E-state index is 0.143. The summed E-state index contributed by atoms with van der Waals surface area (Å²) in [5.74, 6) is 0.304. The van der Waals surface area contributed by atoms with Crippen LogP contribution in [-0.4, -0.2) is 24.4 Å². The van der Waals surface area contributed by atoms with Gasteiger partial charge in [0.2, 0.25) is 11.8 Å². The van der Waals surface area contributed by atoms with Crippen molar-refractivity contribution in [2.75, 3.05) is 6.54 Å². The van der Waals surface area contributed by atoms with Crippen molar-refractivity contribution in [1.29, 1.82) is 0 Å². The average Bonchev–Trinajstić information content (AvgIpc) is 2.44. The van der Waals surface area contributed by atoms with E-state index in [4.69, 9.17) is 0 Å². The third-order valence-electron chi connectivity index (χ3n) is 2.70. The van der Waals surface area contributed by atoms with Crippen LogP contribution in [0.4, 0.5) is 0 Å². The lowest BCUT2D eigenvalue weighted by Crippen LogP contribution is -2.29. The summed E-state index contributed by atoms with van der Waals surface area (Å²) in [6.45, 7) is 13.8. The van der Waals surface area contributed by atoms with Crippen molar-refractivity contribution in [3.8, 4) is 0 Å². The molecule has 0 spiro atoms. The fraction of sp³-hybridized carbons (Fsp3) is 0.667. The van der Waals surface area contributed by atoms with Crippen molar-refractivity contribution in [2.45, 2.75) is 71.8 Å². The second-order valence-corrected chi connectivity index (χ2v) is 5.39. The number of allylic oxidation sites excluding steroid dienone is 2. The maximum Gasteiger partial charge on any atom is 0.220 e. The topological polar surface area (TPSA) is 58.2 Å². The second-order valence-electron chi connectivity index (χ2n) is 5.39. The second kappa shape index (κ2) is 17.5. The van der Waals surface area contributed by atoms with Gasteiger partial charge in [-0.25, -0.2) is 0 Å². The predicted molar refractivity (Wildman–Crippen MR) is 94.7 cm³/mol. The number of carbonyl (C=O) groups is 2. The molecule has 0 aliphatic heterocycles. The first-order chi connectivity index (χ1) is 10.5. The van der Waals surface area contributed by atoms with E-state index < -0.39 is 0 Å². The molecule has 0 aromatic rings. The Morgan fingerprint density at radius 1 is 0.955 bits per heavy atom. The highest BCUT2D eigenvalue weighted by Crippen LogP contribution is 2.00. The summed E-state index contributed by atoms with van der Waals surface area (Å²) in [7, 11) is 0. The largest absolute Gasteiger partial charge is 0.356 e. The zero-order chi connectivity index (χ0) is 17.2. The van der Waals surface area contributed by atoms with Gasteiger partial charge in [0.05, 0.1) is 0 Å². The van der Waals surface area contributed by atoms with E-state index in [0.29, 0.717) is 12.8 Å². The van der Waals surface area contributed by atoms with Gasteiger partial charge in [0.15, 0.2) is 0 Å². The van der Waals surface area contributed by atoms with E-state index in [1.165, 1.54) is 0 Å². The van der Waals surface area contributed by atoms with Crippen LogP contribution in [0.5, 0.6) is 0 Å². The van der Waals surface area contributed by atoms with E-state index in [0.717, 1.165) is 38.6 Å². The van der Waals surface area contributed by atoms with Crippen molar-refractivity contribution in [3.05, 3.63) is 25.3 Å². The van der Waals surface area contributed by atoms with Gasteiger partial charge in [-0.1, -0.05) is 12.2 Å². The summed E-state index contributed by atoms with van der Waals surface area (Å²) in [6, 6.07) is 0.261. The van der Waals surface area contributed by atoms with Crippen LogP contribution in [-0.2, 0) is 9.59 Å². The molecule has 0 bridgehead atoms. The predicted octanol–water partition coefficient (Wildman–Crippen LogP) is 3.74. The maximum absolute atomic E-state index is 11.1. The molecule has 0 aromatic heterocycles. The van der Waals surface area contributed by atoms with Gasteiger partial charge in [0.25, 0.3) is 0 Å². The van der Waals surface area contributed by atoms with Gasteiger partial charge in [-0.3, -0.25) is 9.59 Å². The monoisotopic (exact) mass is 310 g/mol. The third kappa shape index (κ3) is 20.7. The third-order valence-corrected chi connectivity index (χ3v) is 2.70. The molecule has 2 N–H and O–H groups in total. The summed E-state index contributed by atoms with van der Waals surface area (Å²) in [6.07, 6.45) is 9.87. The standard InChI is InChI=1S/C10H19NO.C8H15NO/c1-4-5-6-7-8-10(12)11-9(2)3;1-3-5-6-7-8(10)9-4-2/h4,9H,1,5-8H2,2-3H3,(H,11,12);3H,1,4-7H2,2H3,(H,9,10). The van der Waals surface area contributed by atoms with Crippen molar-refractivity contribution in [3.63, 3.8) is 0 Å². The highest BCUT2D eigenvalue weighted by molar-refractivity contribution is 5.76. The van der Waals surface area contributed by atoms with Crippen LogP contribution in [0.1, 0.15) is 65.7 Å². The molecule has 0 heterocycles. The normalized spacial score (nSPS) is 9.45. The average molecular weight is 310 g/mol. The molecule has 0 aromatic carbocycles. The number of unbranched alkanes of at least 4 members (excludes halogenated alkanes) is 3. The molecule has 0 radical (unpaired) electrons. The van der Waals surface area contributed by atoms with Crippen LogP contribution in [0.3, 0.4) is 0 Å². The summed E-state index contributed by atoms with van der Waals surface area (Å²) in [4.78, 5) is 21.9. The summed E-state index contributed by atoms with van der Waals surface area (Å²) in [5, 5.41) is 5.59. The smallest absolute Gasteiger partial charge is 0.220 e. The molecule has 0 aliphatic carbocycles. The molecule has 0 aliphatic rings. The summed E-state index contributed by atoms with van der Waals surface area (Å²) < 4.78 is 0. The van der Waals surface area contributed by atoms with Crippen LogP contribution in [0.2, 0.25) is 0 Å². The number of amides is 2. The lowest BCUT2D eigenvalue weighted by Gasteiger charge is -2.07. The minimum Gasteiger partial charge on any atom is -0.356 e. The van der Waals surface area contributed by atoms with Crippen LogP contribution in [0, 0.1) is 0 Å². The Morgan fingerprint density at radius 2 is 1.50 bits per heavy atom. The zero-order valence-corrected chi connectivity index (χ0v) is 14.6. The van der Waals surface area contributed by atoms with Gasteiger partial charge in [-0.2, -0.15) is 0 Å². The molecule has 4 heteroatoms. The zero-order valence-electron chi connectivity index (χ0n) is 14.6. The van der Waals surface area contributed by atoms with E-state index in [1.54, 1.807) is 0 Å². The summed E-state index contributed by atoms with van der Waals surface area (Å²) in [5.41, 5.74) is 0. The van der Waals surface area contributed by atoms with E-state index in [1.807, 2.05) is 32.9 Å². The van der Waals surface area contributed by atoms with Crippen LogP contribution >= 0.6 is 0 Å². The highest BCUT2D eigenvalue weighted by atomic mass is 16.2. The Labute approximate surface area is 136 Å². The molecule has 0 saturated carbocycles. The summed E-state index contributed by atoms with van der Waals surface area (Å²) >= 11 is 0. The van der Waals surface area contributed by atoms with Crippen molar-refractivity contribution in [2.24, 2.45) is 0 Å². The number of nitrogens with one attached hydrogen (secondary N) is 2. The maximum atomic E-state index is 11.1. The molecule has 0 saturated heterocycles. The van der Waals surface area contributed by atoms with Crippen molar-refractivity contribution < 1.29 is 9.59 Å². The molecule has 0 fully saturated rings. The van der Waals surface area contributed by atoms with Crippen LogP contribution in [0.15, 0.2) is 25.3 Å². The molecule has 4 nitrogen and oxygen atoms in total. The number of carbonyl (C=O) groups excluding carboxylic acids is 2. The molecule has 0 atom stereocenters. The molecular weight excluding hydrogens is 276 g/mol. The SMILES string of the molecule is C=CCCCC(=O)NCC.C=CCCCCC(=O)NC(C)C. The van der Waals surface area contributed by atoms with Crippen molar-refractivity contribution in [1.82, 2.24) is 10.6 Å². The lowest BCUT2D eigenvalue weighted by atomic mass is 10.2. The number of rotatable bonds is 11. The van der Waals surface area contributed by atoms with Gasteiger partial charge in [-0.05, 0) is 52.9 Å². The fourth-order valence-corrected chi connectivity index (χ4v) is 1.66. The lowest BCUT2D eigenvalue weighted by molar-refractivity contribution is -0.122. The van der Waals surface area contributed by atoms with E-state index in [9.17, 15) is 9.59 Å². The van der Waals surface area contributed by atoms with Crippen LogP contribution < -0.4 is 10.6 Å². The molecule has 0 rings (SSSR count). The molecule has 22 heavy (non-hydrogen) atoms. The first-order valence-electron chi connectivity index (χ1n) is 8.25. The van der Waals surface area contributed by atoms with Gasteiger partial charge < -0.3 is 10.6 Å². The van der Waals surface area contributed by atoms with Gasteiger partial charge in [0, 0.05) is 25.4 Å². The Hall–Kier alpha value is -1.58. The molecule has 128 valence electrons. The number of hydrogen-bond donors (Lipinski definition) is 2. The van der Waals surface area contributed by atoms with Crippen LogP contribution in [0.25, 0.3) is 0 Å². The van der Waals surface area contributed by atoms with Gasteiger partial charge in [-0.15, -0.1) is 13.2 Å². The van der Waals surface area contributed by atoms with E-state index in [-0.39, 0.29) is 17.9 Å². The molecule has 2 amide bonds. The minimum atomic E-state index is 0.143.